The highest BCUT2D eigenvalue weighted by Gasteiger charge is 2.22. The maximum absolute atomic E-state index is 12.3. The third kappa shape index (κ3) is 22.4. The van der Waals surface area contributed by atoms with Crippen LogP contribution < -0.4 is 5.32 Å². The van der Waals surface area contributed by atoms with Gasteiger partial charge in [-0.3, -0.25) is 9.59 Å². The third-order valence-corrected chi connectivity index (χ3v) is 6.30. The zero-order chi connectivity index (χ0) is 25.3. The second kappa shape index (κ2) is 24.7. The normalized spacial score (nSPS) is 11.9. The van der Waals surface area contributed by atoms with E-state index in [2.05, 4.69) is 19.2 Å². The second-order valence-electron chi connectivity index (χ2n) is 9.64. The van der Waals surface area contributed by atoms with E-state index in [1.807, 2.05) is 0 Å². The lowest BCUT2D eigenvalue weighted by Gasteiger charge is -2.16. The number of unbranched alkanes of at least 4 members (excludes halogenated alkanes) is 16. The number of carbonyl (C=O) groups is 3. The minimum atomic E-state index is -0.961. The molecule has 0 rings (SSSR count). The summed E-state index contributed by atoms with van der Waals surface area (Å²) in [4.78, 5) is 35.2. The molecule has 0 unspecified atom stereocenters. The van der Waals surface area contributed by atoms with E-state index in [0.29, 0.717) is 6.54 Å². The maximum Gasteiger partial charge on any atom is 0.330 e. The topological polar surface area (TPSA) is 92.7 Å². The number of ether oxygens (including phenoxy) is 1. The van der Waals surface area contributed by atoms with E-state index in [1.54, 1.807) is 0 Å². The monoisotopic (exact) mass is 483 g/mol. The van der Waals surface area contributed by atoms with E-state index >= 15 is 0 Å². The van der Waals surface area contributed by atoms with Gasteiger partial charge in [0.15, 0.2) is 0 Å². The van der Waals surface area contributed by atoms with E-state index in [9.17, 15) is 14.4 Å². The fraction of sp³-hybridized carbons (Fsp3) is 0.893. The van der Waals surface area contributed by atoms with Crippen molar-refractivity contribution in [3.63, 3.8) is 0 Å². The predicted molar refractivity (Wildman–Crippen MR) is 139 cm³/mol. The SMILES string of the molecule is CCCCCCCCCCCCCCCCCC(=O)OC(=O)[C@H](CCC(=O)O)NCCCCC. The minimum Gasteiger partial charge on any atom is -0.481 e. The Labute approximate surface area is 209 Å². The Kier molecular flexibility index (Phi) is 23.6. The van der Waals surface area contributed by atoms with Crippen LogP contribution in [0.15, 0.2) is 0 Å². The molecule has 1 atom stereocenters. The third-order valence-electron chi connectivity index (χ3n) is 6.30. The van der Waals surface area contributed by atoms with Crippen molar-refractivity contribution in [3.05, 3.63) is 0 Å². The molecule has 0 saturated carbocycles. The second-order valence-corrected chi connectivity index (χ2v) is 9.64. The molecule has 0 bridgehead atoms. The highest BCUT2D eigenvalue weighted by Crippen LogP contribution is 2.14. The number of carbonyl (C=O) groups excluding carboxylic acids is 2. The number of esters is 2. The fourth-order valence-corrected chi connectivity index (χ4v) is 4.10. The average molecular weight is 484 g/mol. The molecule has 0 aliphatic carbocycles. The van der Waals surface area contributed by atoms with Crippen molar-refractivity contribution in [3.8, 4) is 0 Å². The van der Waals surface area contributed by atoms with Crippen molar-refractivity contribution in [1.82, 2.24) is 5.32 Å². The summed E-state index contributed by atoms with van der Waals surface area (Å²) in [5, 5.41) is 11.9. The smallest absolute Gasteiger partial charge is 0.330 e. The summed E-state index contributed by atoms with van der Waals surface area (Å²) in [5.41, 5.74) is 0. The highest BCUT2D eigenvalue weighted by molar-refractivity contribution is 5.88. The van der Waals surface area contributed by atoms with Gasteiger partial charge in [-0.05, 0) is 25.8 Å². The first-order valence-electron chi connectivity index (χ1n) is 14.2. The molecule has 0 aliphatic heterocycles. The molecule has 6 heteroatoms. The van der Waals surface area contributed by atoms with Crippen LogP contribution in [0.1, 0.15) is 149 Å². The van der Waals surface area contributed by atoms with Crippen LogP contribution >= 0.6 is 0 Å². The van der Waals surface area contributed by atoms with Gasteiger partial charge in [-0.1, -0.05) is 117 Å². The number of aliphatic carboxylic acids is 1. The summed E-state index contributed by atoms with van der Waals surface area (Å²) in [7, 11) is 0. The van der Waals surface area contributed by atoms with Gasteiger partial charge in [0.05, 0.1) is 0 Å². The van der Waals surface area contributed by atoms with Gasteiger partial charge in [0.2, 0.25) is 0 Å². The molecule has 2 N–H and O–H groups in total. The summed E-state index contributed by atoms with van der Waals surface area (Å²) in [5.74, 6) is -2.11. The van der Waals surface area contributed by atoms with Crippen molar-refractivity contribution in [2.24, 2.45) is 0 Å². The number of nitrogens with one attached hydrogen (secondary N) is 1. The van der Waals surface area contributed by atoms with Crippen molar-refractivity contribution in [2.75, 3.05) is 6.54 Å². The molecule has 0 aromatic heterocycles. The summed E-state index contributed by atoms with van der Waals surface area (Å²) in [6.07, 6.45) is 22.1. The van der Waals surface area contributed by atoms with Gasteiger partial charge in [0.25, 0.3) is 0 Å². The number of rotatable bonds is 25. The molecule has 0 aromatic carbocycles. The Balaban J connectivity index is 3.73. The van der Waals surface area contributed by atoms with Gasteiger partial charge in [-0.15, -0.1) is 0 Å². The van der Waals surface area contributed by atoms with Gasteiger partial charge in [-0.25, -0.2) is 4.79 Å². The summed E-state index contributed by atoms with van der Waals surface area (Å²) < 4.78 is 4.99. The van der Waals surface area contributed by atoms with E-state index in [4.69, 9.17) is 9.84 Å². The average Bonchev–Trinajstić information content (AvgIpc) is 2.80. The van der Waals surface area contributed by atoms with Gasteiger partial charge in [-0.2, -0.15) is 0 Å². The van der Waals surface area contributed by atoms with Crippen LogP contribution in [0, 0.1) is 0 Å². The largest absolute Gasteiger partial charge is 0.481 e. The van der Waals surface area contributed by atoms with Crippen molar-refractivity contribution in [2.45, 2.75) is 155 Å². The lowest BCUT2D eigenvalue weighted by Crippen LogP contribution is -2.40. The van der Waals surface area contributed by atoms with Gasteiger partial charge in [0.1, 0.15) is 6.04 Å². The standard InChI is InChI=1S/C28H53NO5/c1-3-5-7-8-9-10-11-12-13-14-15-16-17-18-19-21-27(32)34-28(33)25(22-23-26(30)31)29-24-20-6-4-2/h25,29H,3-24H2,1-2H3,(H,30,31)/t25-/m0/s1. The van der Waals surface area contributed by atoms with Crippen molar-refractivity contribution >= 4 is 17.9 Å². The Morgan fingerprint density at radius 2 is 1.09 bits per heavy atom. The number of carboxylic acid groups (broad SMARTS) is 1. The molecule has 0 radical (unpaired) electrons. The van der Waals surface area contributed by atoms with E-state index in [0.717, 1.165) is 38.5 Å². The molecule has 0 aromatic rings. The maximum atomic E-state index is 12.3. The lowest BCUT2D eigenvalue weighted by molar-refractivity contribution is -0.161. The summed E-state index contributed by atoms with van der Waals surface area (Å²) in [6, 6.07) is -0.738. The summed E-state index contributed by atoms with van der Waals surface area (Å²) in [6.45, 7) is 4.96. The Hall–Kier alpha value is -1.43. The van der Waals surface area contributed by atoms with Crippen LogP contribution in [-0.2, 0) is 19.1 Å². The summed E-state index contributed by atoms with van der Waals surface area (Å²) >= 11 is 0. The molecule has 0 amide bonds. The van der Waals surface area contributed by atoms with Crippen LogP contribution in [0.3, 0.4) is 0 Å². The van der Waals surface area contributed by atoms with Gasteiger partial charge in [0, 0.05) is 12.8 Å². The number of hydrogen-bond donors (Lipinski definition) is 2. The first-order chi connectivity index (χ1) is 16.5. The highest BCUT2D eigenvalue weighted by atomic mass is 16.6. The predicted octanol–water partition coefficient (Wildman–Crippen LogP) is 7.33. The molecule has 200 valence electrons. The van der Waals surface area contributed by atoms with Crippen molar-refractivity contribution < 1.29 is 24.2 Å². The molecule has 0 spiro atoms. The lowest BCUT2D eigenvalue weighted by atomic mass is 10.0. The Morgan fingerprint density at radius 3 is 1.56 bits per heavy atom. The Morgan fingerprint density at radius 1 is 0.647 bits per heavy atom. The van der Waals surface area contributed by atoms with Crippen LogP contribution in [0.25, 0.3) is 0 Å². The van der Waals surface area contributed by atoms with Gasteiger partial charge >= 0.3 is 17.9 Å². The molecule has 34 heavy (non-hydrogen) atoms. The van der Waals surface area contributed by atoms with Crippen LogP contribution in [0.2, 0.25) is 0 Å². The molecule has 0 fully saturated rings. The quantitative estimate of drug-likeness (QED) is 0.0802. The first-order valence-corrected chi connectivity index (χ1v) is 14.2. The Bertz CT molecular complexity index is 509. The van der Waals surface area contributed by atoms with Crippen LogP contribution in [-0.4, -0.2) is 35.6 Å². The van der Waals surface area contributed by atoms with Gasteiger partial charge < -0.3 is 15.2 Å². The molecule has 0 heterocycles. The zero-order valence-electron chi connectivity index (χ0n) is 22.2. The van der Waals surface area contributed by atoms with E-state index < -0.39 is 23.9 Å². The number of carboxylic acids is 1. The van der Waals surface area contributed by atoms with Crippen molar-refractivity contribution in [1.29, 1.82) is 0 Å². The minimum absolute atomic E-state index is 0.131. The van der Waals surface area contributed by atoms with E-state index in [1.165, 1.54) is 77.0 Å². The molecule has 6 nitrogen and oxygen atoms in total. The van der Waals surface area contributed by atoms with E-state index in [-0.39, 0.29) is 19.3 Å². The molecular weight excluding hydrogens is 430 g/mol. The van der Waals surface area contributed by atoms with Crippen LogP contribution in [0.4, 0.5) is 0 Å². The van der Waals surface area contributed by atoms with Crippen LogP contribution in [0.5, 0.6) is 0 Å². The fourth-order valence-electron chi connectivity index (χ4n) is 4.10. The zero-order valence-corrected chi connectivity index (χ0v) is 22.2. The number of hydrogen-bond acceptors (Lipinski definition) is 5. The first kappa shape index (κ1) is 32.6. The molecule has 0 aliphatic rings. The molecule has 0 saturated heterocycles. The molecular formula is C28H53NO5.